The number of nitrogen functional groups attached to an aromatic ring is 1. The van der Waals surface area contributed by atoms with Gasteiger partial charge in [-0.15, -0.1) is 0 Å². The standard InChI is InChI=1S/C10H13BrN4/c11-10-7-3-1-4-8(13)15(7)9(14-10)5-2-6-12/h1,3-4H,2,5-6,12-13H2. The maximum atomic E-state index is 5.91. The topological polar surface area (TPSA) is 69.3 Å². The molecule has 5 heteroatoms. The van der Waals surface area contributed by atoms with E-state index in [0.717, 1.165) is 28.8 Å². The first kappa shape index (κ1) is 10.4. The van der Waals surface area contributed by atoms with Crippen molar-refractivity contribution in [2.75, 3.05) is 12.3 Å². The summed E-state index contributed by atoms with van der Waals surface area (Å²) < 4.78 is 2.79. The molecule has 4 nitrogen and oxygen atoms in total. The van der Waals surface area contributed by atoms with Crippen LogP contribution in [0.2, 0.25) is 0 Å². The van der Waals surface area contributed by atoms with Gasteiger partial charge in [0.25, 0.3) is 0 Å². The number of aromatic nitrogens is 2. The van der Waals surface area contributed by atoms with E-state index in [1.165, 1.54) is 0 Å². The highest BCUT2D eigenvalue weighted by Gasteiger charge is 2.09. The van der Waals surface area contributed by atoms with Crippen molar-refractivity contribution in [2.24, 2.45) is 5.73 Å². The van der Waals surface area contributed by atoms with Gasteiger partial charge in [0.1, 0.15) is 16.2 Å². The predicted molar refractivity (Wildman–Crippen MR) is 64.7 cm³/mol. The third-order valence-electron chi connectivity index (χ3n) is 2.32. The van der Waals surface area contributed by atoms with Gasteiger partial charge in [-0.2, -0.15) is 0 Å². The fourth-order valence-corrected chi connectivity index (χ4v) is 2.14. The fourth-order valence-electron chi connectivity index (χ4n) is 1.62. The highest BCUT2D eigenvalue weighted by molar-refractivity contribution is 9.10. The summed E-state index contributed by atoms with van der Waals surface area (Å²) in [6.07, 6.45) is 1.76. The van der Waals surface area contributed by atoms with Gasteiger partial charge >= 0.3 is 0 Å². The second-order valence-corrected chi connectivity index (χ2v) is 4.13. The molecule has 0 atom stereocenters. The van der Waals surface area contributed by atoms with Gasteiger partial charge in [-0.3, -0.25) is 4.40 Å². The van der Waals surface area contributed by atoms with E-state index in [9.17, 15) is 0 Å². The molecule has 0 aromatic carbocycles. The van der Waals surface area contributed by atoms with Crippen LogP contribution in [-0.2, 0) is 6.42 Å². The number of pyridine rings is 1. The van der Waals surface area contributed by atoms with Gasteiger partial charge in [-0.05, 0) is 41.0 Å². The van der Waals surface area contributed by atoms with Gasteiger partial charge in [0.2, 0.25) is 0 Å². The van der Waals surface area contributed by atoms with Gasteiger partial charge in [0.05, 0.1) is 5.52 Å². The van der Waals surface area contributed by atoms with Crippen LogP contribution in [0, 0.1) is 0 Å². The second kappa shape index (κ2) is 4.20. The lowest BCUT2D eigenvalue weighted by Gasteiger charge is -2.03. The van der Waals surface area contributed by atoms with Gasteiger partial charge in [0, 0.05) is 6.42 Å². The van der Waals surface area contributed by atoms with Crippen LogP contribution >= 0.6 is 15.9 Å². The van der Waals surface area contributed by atoms with Crippen LogP contribution < -0.4 is 11.5 Å². The first-order valence-corrected chi connectivity index (χ1v) is 5.64. The molecule has 4 N–H and O–H groups in total. The average Bonchev–Trinajstić information content (AvgIpc) is 2.55. The minimum atomic E-state index is 0.666. The lowest BCUT2D eigenvalue weighted by molar-refractivity contribution is 0.779. The van der Waals surface area contributed by atoms with Crippen LogP contribution in [0.15, 0.2) is 22.8 Å². The van der Waals surface area contributed by atoms with E-state index in [2.05, 4.69) is 20.9 Å². The summed E-state index contributed by atoms with van der Waals surface area (Å²) in [5.41, 5.74) is 12.4. The van der Waals surface area contributed by atoms with Gasteiger partial charge < -0.3 is 11.5 Å². The Morgan fingerprint density at radius 3 is 2.93 bits per heavy atom. The molecule has 0 aliphatic rings. The molecular weight excluding hydrogens is 256 g/mol. The van der Waals surface area contributed by atoms with Gasteiger partial charge in [-0.1, -0.05) is 6.07 Å². The first-order chi connectivity index (χ1) is 7.24. The summed E-state index contributed by atoms with van der Waals surface area (Å²) in [7, 11) is 0. The monoisotopic (exact) mass is 268 g/mol. The number of aryl methyl sites for hydroxylation is 1. The molecule has 0 aliphatic heterocycles. The average molecular weight is 269 g/mol. The number of rotatable bonds is 3. The molecule has 0 radical (unpaired) electrons. The maximum absolute atomic E-state index is 5.91. The van der Waals surface area contributed by atoms with E-state index in [0.29, 0.717) is 12.4 Å². The molecule has 2 aromatic rings. The van der Waals surface area contributed by atoms with Crippen molar-refractivity contribution in [2.45, 2.75) is 12.8 Å². The van der Waals surface area contributed by atoms with Crippen LogP contribution in [-0.4, -0.2) is 15.9 Å². The smallest absolute Gasteiger partial charge is 0.132 e. The number of halogens is 1. The lowest BCUT2D eigenvalue weighted by atomic mass is 10.3. The number of anilines is 1. The minimum Gasteiger partial charge on any atom is -0.385 e. The summed E-state index contributed by atoms with van der Waals surface area (Å²) in [5.74, 6) is 1.66. The Balaban J connectivity index is 2.54. The third-order valence-corrected chi connectivity index (χ3v) is 2.90. The van der Waals surface area contributed by atoms with E-state index in [1.807, 2.05) is 22.6 Å². The van der Waals surface area contributed by atoms with Crippen molar-refractivity contribution < 1.29 is 0 Å². The Morgan fingerprint density at radius 2 is 2.20 bits per heavy atom. The highest BCUT2D eigenvalue weighted by atomic mass is 79.9. The van der Waals surface area contributed by atoms with Gasteiger partial charge in [0.15, 0.2) is 0 Å². The zero-order valence-electron chi connectivity index (χ0n) is 8.28. The molecule has 0 saturated carbocycles. The SMILES string of the molecule is NCCCc1nc(Br)c2cccc(N)n12. The van der Waals surface area contributed by atoms with Crippen LogP contribution in [0.3, 0.4) is 0 Å². The molecule has 0 saturated heterocycles. The van der Waals surface area contributed by atoms with Crippen molar-refractivity contribution in [1.82, 2.24) is 9.38 Å². The van der Waals surface area contributed by atoms with Crippen LogP contribution in [0.4, 0.5) is 5.82 Å². The lowest BCUT2D eigenvalue weighted by Crippen LogP contribution is -2.05. The summed E-state index contributed by atoms with van der Waals surface area (Å²) in [5, 5.41) is 0. The Kier molecular flexibility index (Phi) is 2.93. The molecule has 2 rings (SSSR count). The molecular formula is C10H13BrN4. The number of nitrogens with two attached hydrogens (primary N) is 2. The Morgan fingerprint density at radius 1 is 1.40 bits per heavy atom. The zero-order valence-corrected chi connectivity index (χ0v) is 9.87. The highest BCUT2D eigenvalue weighted by Crippen LogP contribution is 2.22. The largest absolute Gasteiger partial charge is 0.385 e. The first-order valence-electron chi connectivity index (χ1n) is 4.85. The minimum absolute atomic E-state index is 0.666. The van der Waals surface area contributed by atoms with E-state index < -0.39 is 0 Å². The molecule has 0 aliphatic carbocycles. The van der Waals surface area contributed by atoms with Crippen molar-refractivity contribution in [1.29, 1.82) is 0 Å². The molecule has 2 aromatic heterocycles. The quantitative estimate of drug-likeness (QED) is 0.888. The Bertz CT molecular complexity index is 477. The normalized spacial score (nSPS) is 11.1. The van der Waals surface area contributed by atoms with Crippen molar-refractivity contribution in [3.63, 3.8) is 0 Å². The van der Waals surface area contributed by atoms with Gasteiger partial charge in [-0.25, -0.2) is 4.98 Å². The molecule has 0 amide bonds. The summed E-state index contributed by atoms with van der Waals surface area (Å²) in [6, 6.07) is 5.77. The predicted octanol–water partition coefficient (Wildman–Crippen LogP) is 1.57. The summed E-state index contributed by atoms with van der Waals surface area (Å²) in [6.45, 7) is 0.666. The third kappa shape index (κ3) is 1.85. The van der Waals surface area contributed by atoms with Crippen molar-refractivity contribution in [3.05, 3.63) is 28.6 Å². The van der Waals surface area contributed by atoms with E-state index >= 15 is 0 Å². The zero-order chi connectivity index (χ0) is 10.8. The molecule has 0 fully saturated rings. The van der Waals surface area contributed by atoms with E-state index in [-0.39, 0.29) is 0 Å². The summed E-state index contributed by atoms with van der Waals surface area (Å²) in [4.78, 5) is 4.43. The molecule has 0 unspecified atom stereocenters. The van der Waals surface area contributed by atoms with Crippen molar-refractivity contribution in [3.8, 4) is 0 Å². The number of imidazole rings is 1. The Hall–Kier alpha value is -1.07. The van der Waals surface area contributed by atoms with Crippen LogP contribution in [0.1, 0.15) is 12.2 Å². The van der Waals surface area contributed by atoms with E-state index in [4.69, 9.17) is 11.5 Å². The number of hydrogen-bond acceptors (Lipinski definition) is 3. The molecule has 80 valence electrons. The van der Waals surface area contributed by atoms with Crippen LogP contribution in [0.5, 0.6) is 0 Å². The van der Waals surface area contributed by atoms with Crippen LogP contribution in [0.25, 0.3) is 5.52 Å². The molecule has 0 spiro atoms. The van der Waals surface area contributed by atoms with Crippen molar-refractivity contribution >= 4 is 27.3 Å². The molecule has 0 bridgehead atoms. The molecule has 2 heterocycles. The number of nitrogens with zero attached hydrogens (tertiary/aromatic N) is 2. The maximum Gasteiger partial charge on any atom is 0.132 e. The molecule has 15 heavy (non-hydrogen) atoms. The number of hydrogen-bond donors (Lipinski definition) is 2. The summed E-state index contributed by atoms with van der Waals surface area (Å²) >= 11 is 3.43. The second-order valence-electron chi connectivity index (χ2n) is 3.38. The number of fused-ring (bicyclic) bond motifs is 1. The Labute approximate surface area is 96.4 Å². The fraction of sp³-hybridized carbons (Fsp3) is 0.300. The van der Waals surface area contributed by atoms with E-state index in [1.54, 1.807) is 0 Å².